The summed E-state index contributed by atoms with van der Waals surface area (Å²) in [7, 11) is 0. The van der Waals surface area contributed by atoms with E-state index < -0.39 is 0 Å². The van der Waals surface area contributed by atoms with Gasteiger partial charge in [-0.05, 0) is 12.3 Å². The third-order valence-electron chi connectivity index (χ3n) is 1.82. The predicted molar refractivity (Wildman–Crippen MR) is 55.1 cm³/mol. The molecule has 1 unspecified atom stereocenters. The lowest BCUT2D eigenvalue weighted by molar-refractivity contribution is -0.122. The van der Waals surface area contributed by atoms with Crippen molar-refractivity contribution in [2.45, 2.75) is 46.1 Å². The molecule has 0 saturated carbocycles. The highest BCUT2D eigenvalue weighted by Gasteiger charge is 2.09. The zero-order valence-electron chi connectivity index (χ0n) is 8.76. The van der Waals surface area contributed by atoms with E-state index in [1.807, 2.05) is 20.8 Å². The maximum Gasteiger partial charge on any atom is 0.220 e. The molecule has 0 radical (unpaired) electrons. The average molecular weight is 181 g/mol. The molecule has 0 heterocycles. The molecular formula is C11H19NO. The monoisotopic (exact) mass is 181 g/mol. The minimum Gasteiger partial charge on any atom is -0.352 e. The number of nitrogens with one attached hydrogen (secondary N) is 1. The van der Waals surface area contributed by atoms with E-state index in [1.165, 1.54) is 0 Å². The van der Waals surface area contributed by atoms with Gasteiger partial charge in [-0.15, -0.1) is 12.3 Å². The number of hydrogen-bond donors (Lipinski definition) is 1. The van der Waals surface area contributed by atoms with Gasteiger partial charge in [-0.1, -0.05) is 20.8 Å². The molecule has 0 fully saturated rings. The summed E-state index contributed by atoms with van der Waals surface area (Å²) in [6.45, 7) is 6.08. The van der Waals surface area contributed by atoms with Crippen LogP contribution in [-0.4, -0.2) is 11.9 Å². The lowest BCUT2D eigenvalue weighted by atomic mass is 10.1. The quantitative estimate of drug-likeness (QED) is 0.645. The molecule has 13 heavy (non-hydrogen) atoms. The van der Waals surface area contributed by atoms with E-state index in [0.717, 1.165) is 6.42 Å². The van der Waals surface area contributed by atoms with E-state index in [-0.39, 0.29) is 11.9 Å². The Balaban J connectivity index is 3.81. The maximum absolute atomic E-state index is 11.3. The van der Waals surface area contributed by atoms with E-state index in [2.05, 4.69) is 11.2 Å². The van der Waals surface area contributed by atoms with Gasteiger partial charge in [0, 0.05) is 18.9 Å². The van der Waals surface area contributed by atoms with Crippen molar-refractivity contribution < 1.29 is 4.79 Å². The normalized spacial score (nSPS) is 12.2. The molecule has 0 aromatic heterocycles. The van der Waals surface area contributed by atoms with Gasteiger partial charge >= 0.3 is 0 Å². The Labute approximate surface area is 81.1 Å². The van der Waals surface area contributed by atoms with Crippen LogP contribution in [0.3, 0.4) is 0 Å². The van der Waals surface area contributed by atoms with Gasteiger partial charge in [-0.2, -0.15) is 0 Å². The molecule has 0 spiro atoms. The molecule has 0 aromatic carbocycles. The van der Waals surface area contributed by atoms with Crippen LogP contribution in [0.2, 0.25) is 0 Å². The third-order valence-corrected chi connectivity index (χ3v) is 1.82. The molecule has 0 saturated heterocycles. The Morgan fingerprint density at radius 1 is 1.54 bits per heavy atom. The lowest BCUT2D eigenvalue weighted by Crippen LogP contribution is -2.34. The summed E-state index contributed by atoms with van der Waals surface area (Å²) < 4.78 is 0. The fraction of sp³-hybridized carbons (Fsp3) is 0.727. The average Bonchev–Trinajstić information content (AvgIpc) is 2.02. The Kier molecular flexibility index (Phi) is 6.05. The summed E-state index contributed by atoms with van der Waals surface area (Å²) in [4.78, 5) is 11.3. The van der Waals surface area contributed by atoms with Crippen molar-refractivity contribution in [1.29, 1.82) is 0 Å². The second-order valence-corrected chi connectivity index (χ2v) is 3.68. The molecule has 1 amide bonds. The van der Waals surface area contributed by atoms with Gasteiger partial charge in [-0.25, -0.2) is 0 Å². The molecule has 74 valence electrons. The predicted octanol–water partition coefficient (Wildman–Crippen LogP) is 1.95. The van der Waals surface area contributed by atoms with Crippen LogP contribution in [0.1, 0.15) is 40.0 Å². The summed E-state index contributed by atoms with van der Waals surface area (Å²) >= 11 is 0. The van der Waals surface area contributed by atoms with Crippen LogP contribution in [0.4, 0.5) is 0 Å². The Morgan fingerprint density at radius 3 is 2.54 bits per heavy atom. The van der Waals surface area contributed by atoms with Crippen molar-refractivity contribution in [3.8, 4) is 12.3 Å². The minimum absolute atomic E-state index is 0.108. The van der Waals surface area contributed by atoms with Gasteiger partial charge in [0.2, 0.25) is 5.91 Å². The smallest absolute Gasteiger partial charge is 0.220 e. The first kappa shape index (κ1) is 12.0. The number of amides is 1. The van der Waals surface area contributed by atoms with Crippen LogP contribution < -0.4 is 5.32 Å². The Morgan fingerprint density at radius 2 is 2.15 bits per heavy atom. The molecular weight excluding hydrogens is 162 g/mol. The van der Waals surface area contributed by atoms with Crippen molar-refractivity contribution in [1.82, 2.24) is 5.32 Å². The number of carbonyl (C=O) groups excluding carboxylic acids is 1. The molecule has 0 aliphatic rings. The zero-order chi connectivity index (χ0) is 10.3. The second-order valence-electron chi connectivity index (χ2n) is 3.68. The van der Waals surface area contributed by atoms with E-state index in [0.29, 0.717) is 18.8 Å². The molecule has 0 aliphatic carbocycles. The highest BCUT2D eigenvalue weighted by molar-refractivity contribution is 5.76. The van der Waals surface area contributed by atoms with Crippen LogP contribution in [0.25, 0.3) is 0 Å². The Bertz CT molecular complexity index is 191. The van der Waals surface area contributed by atoms with Crippen molar-refractivity contribution >= 4 is 5.91 Å². The third kappa shape index (κ3) is 6.21. The highest BCUT2D eigenvalue weighted by atomic mass is 16.1. The van der Waals surface area contributed by atoms with Gasteiger partial charge < -0.3 is 5.32 Å². The second kappa shape index (κ2) is 6.54. The first-order chi connectivity index (χ1) is 6.10. The van der Waals surface area contributed by atoms with Gasteiger partial charge in [-0.3, -0.25) is 4.79 Å². The number of terminal acetylenes is 1. The number of rotatable bonds is 5. The number of hydrogen-bond acceptors (Lipinski definition) is 1. The van der Waals surface area contributed by atoms with E-state index >= 15 is 0 Å². The molecule has 2 heteroatoms. The zero-order valence-corrected chi connectivity index (χ0v) is 8.76. The van der Waals surface area contributed by atoms with Crippen LogP contribution in [0, 0.1) is 18.3 Å². The molecule has 2 nitrogen and oxygen atoms in total. The molecule has 0 bridgehead atoms. The largest absolute Gasteiger partial charge is 0.352 e. The highest BCUT2D eigenvalue weighted by Crippen LogP contribution is 2.01. The van der Waals surface area contributed by atoms with Gasteiger partial charge in [0.15, 0.2) is 0 Å². The summed E-state index contributed by atoms with van der Waals surface area (Å²) in [5, 5.41) is 2.92. The molecule has 1 N–H and O–H groups in total. The van der Waals surface area contributed by atoms with Crippen molar-refractivity contribution in [2.75, 3.05) is 0 Å². The summed E-state index contributed by atoms with van der Waals surface area (Å²) in [6.07, 6.45) is 7.29. The van der Waals surface area contributed by atoms with Crippen molar-refractivity contribution in [2.24, 2.45) is 5.92 Å². The molecule has 0 aromatic rings. The van der Waals surface area contributed by atoms with E-state index in [1.54, 1.807) is 0 Å². The van der Waals surface area contributed by atoms with Crippen molar-refractivity contribution in [3.63, 3.8) is 0 Å². The molecule has 1 atom stereocenters. The first-order valence-electron chi connectivity index (χ1n) is 4.83. The summed E-state index contributed by atoms with van der Waals surface area (Å²) in [6, 6.07) is 0.149. The van der Waals surface area contributed by atoms with Crippen LogP contribution in [0.15, 0.2) is 0 Å². The molecule has 0 aliphatic heterocycles. The van der Waals surface area contributed by atoms with Crippen LogP contribution in [0.5, 0.6) is 0 Å². The SMILES string of the molecule is C#CCC(CC)NC(=O)CC(C)C. The Hall–Kier alpha value is -0.970. The van der Waals surface area contributed by atoms with Crippen molar-refractivity contribution in [3.05, 3.63) is 0 Å². The van der Waals surface area contributed by atoms with E-state index in [9.17, 15) is 4.79 Å². The fourth-order valence-corrected chi connectivity index (χ4v) is 1.10. The summed E-state index contributed by atoms with van der Waals surface area (Å²) in [5.41, 5.74) is 0. The minimum atomic E-state index is 0.108. The summed E-state index contributed by atoms with van der Waals surface area (Å²) in [5.74, 6) is 3.08. The fourth-order valence-electron chi connectivity index (χ4n) is 1.10. The van der Waals surface area contributed by atoms with Gasteiger partial charge in [0.25, 0.3) is 0 Å². The van der Waals surface area contributed by atoms with E-state index in [4.69, 9.17) is 6.42 Å². The first-order valence-corrected chi connectivity index (χ1v) is 4.83. The lowest BCUT2D eigenvalue weighted by Gasteiger charge is -2.14. The van der Waals surface area contributed by atoms with Gasteiger partial charge in [0.1, 0.15) is 0 Å². The standard InChI is InChI=1S/C11H19NO/c1-5-7-10(6-2)12-11(13)8-9(3)4/h1,9-10H,6-8H2,2-4H3,(H,12,13). The molecule has 0 rings (SSSR count). The van der Waals surface area contributed by atoms with Gasteiger partial charge in [0.05, 0.1) is 0 Å². The van der Waals surface area contributed by atoms with Crippen LogP contribution >= 0.6 is 0 Å². The van der Waals surface area contributed by atoms with Crippen LogP contribution in [-0.2, 0) is 4.79 Å². The number of carbonyl (C=O) groups is 1. The maximum atomic E-state index is 11.3. The topological polar surface area (TPSA) is 29.1 Å².